The number of carbonyl (C=O) groups is 1. The summed E-state index contributed by atoms with van der Waals surface area (Å²) in [6, 6.07) is 18.9. The van der Waals surface area contributed by atoms with Gasteiger partial charge in [-0.1, -0.05) is 60.5 Å². The van der Waals surface area contributed by atoms with E-state index in [4.69, 9.17) is 23.2 Å². The highest BCUT2D eigenvalue weighted by molar-refractivity contribution is 7.93. The summed E-state index contributed by atoms with van der Waals surface area (Å²) >= 11 is 12.1. The number of halogens is 2. The van der Waals surface area contributed by atoms with Crippen LogP contribution >= 0.6 is 23.2 Å². The summed E-state index contributed by atoms with van der Waals surface area (Å²) in [6.07, 6.45) is 0.794. The maximum Gasteiger partial charge on any atom is 0.273 e. The molecule has 4 nitrogen and oxygen atoms in total. The Morgan fingerprint density at radius 2 is 1.57 bits per heavy atom. The maximum atomic E-state index is 13.3. The van der Waals surface area contributed by atoms with Crippen LogP contribution < -0.4 is 4.31 Å². The molecule has 0 unspecified atom stereocenters. The summed E-state index contributed by atoms with van der Waals surface area (Å²) in [5.74, 6) is -0.755. The first-order chi connectivity index (χ1) is 13.3. The fraction of sp³-hybridized carbons (Fsp3) is 0.0952. The Labute approximate surface area is 174 Å². The molecular formula is C21H17Cl2NO3S. The number of carbonyl (C=O) groups excluding carboxylic acids is 1. The number of hydrogen-bond donors (Lipinski definition) is 0. The van der Waals surface area contributed by atoms with Gasteiger partial charge in [-0.15, -0.1) is 0 Å². The first-order valence-electron chi connectivity index (χ1n) is 8.53. The zero-order chi connectivity index (χ0) is 20.3. The molecule has 0 heterocycles. The first kappa shape index (κ1) is 20.4. The zero-order valence-electron chi connectivity index (χ0n) is 15.0. The third-order valence-electron chi connectivity index (χ3n) is 4.21. The normalized spacial score (nSPS) is 11.2. The Bertz CT molecular complexity index is 1100. The van der Waals surface area contributed by atoms with Gasteiger partial charge in [-0.05, 0) is 54.4 Å². The molecule has 0 aromatic heterocycles. The van der Waals surface area contributed by atoms with Gasteiger partial charge >= 0.3 is 0 Å². The van der Waals surface area contributed by atoms with Crippen LogP contribution in [0.15, 0.2) is 77.7 Å². The second kappa shape index (κ2) is 8.35. The van der Waals surface area contributed by atoms with Crippen LogP contribution in [0.5, 0.6) is 0 Å². The van der Waals surface area contributed by atoms with Gasteiger partial charge in [-0.2, -0.15) is 4.31 Å². The lowest BCUT2D eigenvalue weighted by Gasteiger charge is -2.23. The summed E-state index contributed by atoms with van der Waals surface area (Å²) in [6.45, 7) is 1.99. The van der Waals surface area contributed by atoms with Crippen molar-refractivity contribution in [2.24, 2.45) is 0 Å². The zero-order valence-corrected chi connectivity index (χ0v) is 17.3. The monoisotopic (exact) mass is 433 g/mol. The Morgan fingerprint density at radius 1 is 0.929 bits per heavy atom. The molecule has 144 valence electrons. The molecule has 0 radical (unpaired) electrons. The molecule has 0 saturated carbocycles. The van der Waals surface area contributed by atoms with Gasteiger partial charge in [0.15, 0.2) is 0 Å². The molecule has 7 heteroatoms. The van der Waals surface area contributed by atoms with E-state index >= 15 is 0 Å². The van der Waals surface area contributed by atoms with Crippen molar-refractivity contribution in [2.45, 2.75) is 18.2 Å². The number of rotatable bonds is 5. The van der Waals surface area contributed by atoms with Gasteiger partial charge in [0.1, 0.15) is 0 Å². The highest BCUT2D eigenvalue weighted by atomic mass is 35.5. The number of anilines is 1. The van der Waals surface area contributed by atoms with Crippen molar-refractivity contribution in [2.75, 3.05) is 4.31 Å². The van der Waals surface area contributed by atoms with Crippen molar-refractivity contribution >= 4 is 44.8 Å². The van der Waals surface area contributed by atoms with Crippen LogP contribution in [0.3, 0.4) is 0 Å². The van der Waals surface area contributed by atoms with Gasteiger partial charge < -0.3 is 0 Å². The minimum Gasteiger partial charge on any atom is -0.268 e. The lowest BCUT2D eigenvalue weighted by Crippen LogP contribution is -2.37. The summed E-state index contributed by atoms with van der Waals surface area (Å²) in [7, 11) is -4.16. The standard InChI is InChI=1S/C21H17Cl2NO3S/c1-2-15-8-11-17(12-9-15)24(28(26,27)18-6-4-3-5-7-18)21(25)19-13-10-16(22)14-20(19)23/h3-14H,2H2,1H3. The number of hydrogen-bond acceptors (Lipinski definition) is 3. The molecule has 0 aliphatic carbocycles. The molecule has 0 saturated heterocycles. The van der Waals surface area contributed by atoms with Crippen molar-refractivity contribution in [1.82, 2.24) is 0 Å². The Morgan fingerprint density at radius 3 is 2.14 bits per heavy atom. The van der Waals surface area contributed by atoms with Crippen LogP contribution in [0.1, 0.15) is 22.8 Å². The van der Waals surface area contributed by atoms with Gasteiger partial charge in [0, 0.05) is 5.02 Å². The summed E-state index contributed by atoms with van der Waals surface area (Å²) < 4.78 is 27.4. The molecule has 0 aliphatic heterocycles. The highest BCUT2D eigenvalue weighted by Crippen LogP contribution is 2.29. The summed E-state index contributed by atoms with van der Waals surface area (Å²) in [5.41, 5.74) is 1.31. The van der Waals surface area contributed by atoms with E-state index in [9.17, 15) is 13.2 Å². The molecule has 0 aliphatic rings. The topological polar surface area (TPSA) is 54.5 Å². The van der Waals surface area contributed by atoms with Crippen LogP contribution in [0, 0.1) is 0 Å². The molecule has 1 amide bonds. The minimum atomic E-state index is -4.16. The molecule has 3 aromatic rings. The third-order valence-corrected chi connectivity index (χ3v) is 6.48. The lowest BCUT2D eigenvalue weighted by molar-refractivity contribution is 0.101. The van der Waals surface area contributed by atoms with E-state index in [0.29, 0.717) is 5.02 Å². The van der Waals surface area contributed by atoms with Crippen LogP contribution in [-0.4, -0.2) is 14.3 Å². The number of sulfonamides is 1. The van der Waals surface area contributed by atoms with Gasteiger partial charge in [-0.25, -0.2) is 8.42 Å². The molecule has 0 fully saturated rings. The fourth-order valence-corrected chi connectivity index (χ4v) is 4.62. The second-order valence-corrected chi connectivity index (χ2v) is 8.66. The molecular weight excluding hydrogens is 417 g/mol. The van der Waals surface area contributed by atoms with E-state index in [1.165, 1.54) is 30.3 Å². The highest BCUT2D eigenvalue weighted by Gasteiger charge is 2.32. The average molecular weight is 434 g/mol. The van der Waals surface area contributed by atoms with E-state index < -0.39 is 15.9 Å². The smallest absolute Gasteiger partial charge is 0.268 e. The van der Waals surface area contributed by atoms with Gasteiger partial charge in [0.2, 0.25) is 0 Å². The quantitative estimate of drug-likeness (QED) is 0.526. The van der Waals surface area contributed by atoms with Crippen molar-refractivity contribution in [3.05, 3.63) is 94.0 Å². The summed E-state index contributed by atoms with van der Waals surface area (Å²) in [5, 5.41) is 0.433. The van der Waals surface area contributed by atoms with E-state index in [1.54, 1.807) is 42.5 Å². The average Bonchev–Trinajstić information content (AvgIpc) is 2.69. The Hall–Kier alpha value is -2.34. The molecule has 28 heavy (non-hydrogen) atoms. The summed E-state index contributed by atoms with van der Waals surface area (Å²) in [4.78, 5) is 13.3. The predicted molar refractivity (Wildman–Crippen MR) is 113 cm³/mol. The van der Waals surface area contributed by atoms with Crippen molar-refractivity contribution in [3.8, 4) is 0 Å². The van der Waals surface area contributed by atoms with Gasteiger partial charge in [0.05, 0.1) is 21.2 Å². The van der Waals surface area contributed by atoms with Crippen LogP contribution in [0.25, 0.3) is 0 Å². The second-order valence-electron chi connectivity index (χ2n) is 6.03. The van der Waals surface area contributed by atoms with Crippen molar-refractivity contribution < 1.29 is 13.2 Å². The van der Waals surface area contributed by atoms with Crippen molar-refractivity contribution in [1.29, 1.82) is 0 Å². The van der Waals surface area contributed by atoms with E-state index in [1.807, 2.05) is 6.92 Å². The predicted octanol–water partition coefficient (Wildman–Crippen LogP) is 5.59. The van der Waals surface area contributed by atoms with Crippen LogP contribution in [-0.2, 0) is 16.4 Å². The van der Waals surface area contributed by atoms with Crippen LogP contribution in [0.2, 0.25) is 10.0 Å². The third kappa shape index (κ3) is 4.07. The van der Waals surface area contributed by atoms with E-state index in [0.717, 1.165) is 16.3 Å². The largest absolute Gasteiger partial charge is 0.273 e. The number of benzene rings is 3. The van der Waals surface area contributed by atoms with Gasteiger partial charge in [-0.3, -0.25) is 4.79 Å². The maximum absolute atomic E-state index is 13.3. The molecule has 0 N–H and O–H groups in total. The molecule has 0 bridgehead atoms. The Balaban J connectivity index is 2.17. The van der Waals surface area contributed by atoms with Crippen LogP contribution in [0.4, 0.5) is 5.69 Å². The Kier molecular flexibility index (Phi) is 6.08. The molecule has 0 atom stereocenters. The fourth-order valence-electron chi connectivity index (χ4n) is 2.70. The lowest BCUT2D eigenvalue weighted by atomic mass is 10.1. The minimum absolute atomic E-state index is 0.00741. The molecule has 3 aromatic carbocycles. The molecule has 0 spiro atoms. The number of nitrogens with zero attached hydrogens (tertiary/aromatic N) is 1. The first-order valence-corrected chi connectivity index (χ1v) is 10.7. The number of amides is 1. The SMILES string of the molecule is CCc1ccc(N(C(=O)c2ccc(Cl)cc2Cl)S(=O)(=O)c2ccccc2)cc1. The van der Waals surface area contributed by atoms with E-state index in [2.05, 4.69) is 0 Å². The number of aryl methyl sites for hydroxylation is 1. The van der Waals surface area contributed by atoms with Gasteiger partial charge in [0.25, 0.3) is 15.9 Å². The molecule has 3 rings (SSSR count). The van der Waals surface area contributed by atoms with Crippen molar-refractivity contribution in [3.63, 3.8) is 0 Å². The van der Waals surface area contributed by atoms with E-state index in [-0.39, 0.29) is 21.2 Å².